The smallest absolute Gasteiger partial charge is 0.0572 e. The molecular weight excluding hydrogens is 210 g/mol. The maximum atomic E-state index is 5.44. The Hall–Kier alpha value is -0.0800. The monoisotopic (exact) mass is 239 g/mol. The van der Waals surface area contributed by atoms with Gasteiger partial charge in [-0.05, 0) is 56.8 Å². The van der Waals surface area contributed by atoms with E-state index in [-0.39, 0.29) is 0 Å². The van der Waals surface area contributed by atoms with Gasteiger partial charge in [-0.2, -0.15) is 0 Å². The molecule has 0 aromatic heterocycles. The van der Waals surface area contributed by atoms with Gasteiger partial charge in [0.1, 0.15) is 0 Å². The standard InChI is InChI=1S/C15H29NO/c1-11-8-12(2)10-14(9-11)16-13-4-6-15(17-3)7-5-13/h11-16H,4-10H2,1-3H3. The van der Waals surface area contributed by atoms with E-state index in [0.717, 1.165) is 23.9 Å². The van der Waals surface area contributed by atoms with Crippen LogP contribution in [0.5, 0.6) is 0 Å². The lowest BCUT2D eigenvalue weighted by Crippen LogP contribution is -2.44. The van der Waals surface area contributed by atoms with E-state index in [9.17, 15) is 0 Å². The molecule has 2 saturated carbocycles. The molecule has 0 bridgehead atoms. The van der Waals surface area contributed by atoms with Gasteiger partial charge in [0.25, 0.3) is 0 Å². The highest BCUT2D eigenvalue weighted by Gasteiger charge is 2.27. The summed E-state index contributed by atoms with van der Waals surface area (Å²) in [6.45, 7) is 4.82. The lowest BCUT2D eigenvalue weighted by Gasteiger charge is -2.37. The van der Waals surface area contributed by atoms with Crippen molar-refractivity contribution in [2.75, 3.05) is 7.11 Å². The first-order valence-corrected chi connectivity index (χ1v) is 7.46. The maximum Gasteiger partial charge on any atom is 0.0572 e. The average Bonchev–Trinajstić information content (AvgIpc) is 2.28. The van der Waals surface area contributed by atoms with E-state index in [2.05, 4.69) is 19.2 Å². The largest absolute Gasteiger partial charge is 0.381 e. The highest BCUT2D eigenvalue weighted by atomic mass is 16.5. The molecular formula is C15H29NO. The van der Waals surface area contributed by atoms with Crippen molar-refractivity contribution in [2.45, 2.75) is 77.0 Å². The Morgan fingerprint density at radius 1 is 0.824 bits per heavy atom. The second-order valence-corrected chi connectivity index (χ2v) is 6.49. The van der Waals surface area contributed by atoms with E-state index >= 15 is 0 Å². The highest BCUT2D eigenvalue weighted by Crippen LogP contribution is 2.30. The Bertz CT molecular complexity index is 213. The molecule has 2 heteroatoms. The Morgan fingerprint density at radius 3 is 1.94 bits per heavy atom. The van der Waals surface area contributed by atoms with E-state index in [1.807, 2.05) is 7.11 Å². The zero-order valence-electron chi connectivity index (χ0n) is 11.7. The number of rotatable bonds is 3. The molecule has 0 aromatic carbocycles. The lowest BCUT2D eigenvalue weighted by molar-refractivity contribution is 0.0591. The predicted octanol–water partition coefficient (Wildman–Crippen LogP) is 3.36. The van der Waals surface area contributed by atoms with Crippen LogP contribution >= 0.6 is 0 Å². The summed E-state index contributed by atoms with van der Waals surface area (Å²) in [5.74, 6) is 1.82. The van der Waals surface area contributed by atoms with Crippen LogP contribution in [0.2, 0.25) is 0 Å². The van der Waals surface area contributed by atoms with E-state index in [1.165, 1.54) is 44.9 Å². The summed E-state index contributed by atoms with van der Waals surface area (Å²) in [6.07, 6.45) is 9.81. The quantitative estimate of drug-likeness (QED) is 0.815. The van der Waals surface area contributed by atoms with E-state index < -0.39 is 0 Å². The minimum Gasteiger partial charge on any atom is -0.381 e. The fourth-order valence-electron chi connectivity index (χ4n) is 3.88. The van der Waals surface area contributed by atoms with Crippen molar-refractivity contribution in [3.63, 3.8) is 0 Å². The molecule has 1 N–H and O–H groups in total. The van der Waals surface area contributed by atoms with Crippen LogP contribution in [0, 0.1) is 11.8 Å². The van der Waals surface area contributed by atoms with Crippen LogP contribution in [0.1, 0.15) is 58.8 Å². The Morgan fingerprint density at radius 2 is 1.41 bits per heavy atom. The summed E-state index contributed by atoms with van der Waals surface area (Å²) in [4.78, 5) is 0. The number of ether oxygens (including phenoxy) is 1. The summed E-state index contributed by atoms with van der Waals surface area (Å²) in [6, 6.07) is 1.53. The third kappa shape index (κ3) is 3.96. The van der Waals surface area contributed by atoms with Gasteiger partial charge in [-0.25, -0.2) is 0 Å². The van der Waals surface area contributed by atoms with Crippen molar-refractivity contribution in [3.8, 4) is 0 Å². The molecule has 2 unspecified atom stereocenters. The topological polar surface area (TPSA) is 21.3 Å². The molecule has 2 aliphatic carbocycles. The highest BCUT2D eigenvalue weighted by molar-refractivity contribution is 4.85. The predicted molar refractivity (Wildman–Crippen MR) is 72.2 cm³/mol. The summed E-state index contributed by atoms with van der Waals surface area (Å²) in [5, 5.41) is 3.91. The molecule has 0 saturated heterocycles. The molecule has 100 valence electrons. The van der Waals surface area contributed by atoms with Crippen LogP contribution in [-0.2, 0) is 4.74 Å². The van der Waals surface area contributed by atoms with Crippen LogP contribution in [0.3, 0.4) is 0 Å². The fraction of sp³-hybridized carbons (Fsp3) is 1.00. The van der Waals surface area contributed by atoms with E-state index in [0.29, 0.717) is 6.10 Å². The molecule has 2 nitrogen and oxygen atoms in total. The fourth-order valence-corrected chi connectivity index (χ4v) is 3.88. The van der Waals surface area contributed by atoms with E-state index in [1.54, 1.807) is 0 Å². The van der Waals surface area contributed by atoms with Gasteiger partial charge in [0.15, 0.2) is 0 Å². The van der Waals surface area contributed by atoms with Crippen molar-refractivity contribution >= 4 is 0 Å². The third-order valence-corrected chi connectivity index (χ3v) is 4.66. The summed E-state index contributed by atoms with van der Waals surface area (Å²) in [7, 11) is 1.85. The molecule has 2 aliphatic rings. The van der Waals surface area contributed by atoms with Gasteiger partial charge in [0.05, 0.1) is 6.10 Å². The van der Waals surface area contributed by atoms with Gasteiger partial charge < -0.3 is 10.1 Å². The van der Waals surface area contributed by atoms with Crippen molar-refractivity contribution in [1.82, 2.24) is 5.32 Å². The number of hydrogen-bond donors (Lipinski definition) is 1. The molecule has 0 amide bonds. The molecule has 2 rings (SSSR count). The molecule has 2 atom stereocenters. The van der Waals surface area contributed by atoms with Gasteiger partial charge >= 0.3 is 0 Å². The van der Waals surface area contributed by atoms with E-state index in [4.69, 9.17) is 4.74 Å². The first-order chi connectivity index (χ1) is 8.17. The van der Waals surface area contributed by atoms with Crippen LogP contribution < -0.4 is 5.32 Å². The minimum atomic E-state index is 0.525. The lowest BCUT2D eigenvalue weighted by atomic mass is 9.79. The zero-order valence-corrected chi connectivity index (χ0v) is 11.7. The SMILES string of the molecule is COC1CCC(NC2CC(C)CC(C)C2)CC1. The normalized spacial score (nSPS) is 43.6. The van der Waals surface area contributed by atoms with Crippen LogP contribution in [0.25, 0.3) is 0 Å². The Kier molecular flexibility index (Phi) is 4.87. The van der Waals surface area contributed by atoms with Gasteiger partial charge in [-0.1, -0.05) is 13.8 Å². The van der Waals surface area contributed by atoms with Gasteiger partial charge in [-0.3, -0.25) is 0 Å². The van der Waals surface area contributed by atoms with Crippen molar-refractivity contribution < 1.29 is 4.74 Å². The van der Waals surface area contributed by atoms with Crippen LogP contribution in [-0.4, -0.2) is 25.3 Å². The molecule has 0 aromatic rings. The first-order valence-electron chi connectivity index (χ1n) is 7.46. The summed E-state index contributed by atoms with van der Waals surface area (Å²) in [5.41, 5.74) is 0. The van der Waals surface area contributed by atoms with Crippen molar-refractivity contribution in [2.24, 2.45) is 11.8 Å². The Labute approximate surface area is 107 Å². The Balaban J connectivity index is 1.74. The number of nitrogens with one attached hydrogen (secondary N) is 1. The molecule has 17 heavy (non-hydrogen) atoms. The van der Waals surface area contributed by atoms with Crippen molar-refractivity contribution in [1.29, 1.82) is 0 Å². The van der Waals surface area contributed by atoms with Crippen LogP contribution in [0.15, 0.2) is 0 Å². The van der Waals surface area contributed by atoms with Crippen LogP contribution in [0.4, 0.5) is 0 Å². The maximum absolute atomic E-state index is 5.44. The molecule has 0 radical (unpaired) electrons. The number of methoxy groups -OCH3 is 1. The van der Waals surface area contributed by atoms with Crippen molar-refractivity contribution in [3.05, 3.63) is 0 Å². The molecule has 0 heterocycles. The molecule has 0 aliphatic heterocycles. The summed E-state index contributed by atoms with van der Waals surface area (Å²) >= 11 is 0. The molecule has 0 spiro atoms. The zero-order chi connectivity index (χ0) is 12.3. The third-order valence-electron chi connectivity index (χ3n) is 4.66. The second kappa shape index (κ2) is 6.19. The first kappa shape index (κ1) is 13.4. The average molecular weight is 239 g/mol. The molecule has 2 fully saturated rings. The minimum absolute atomic E-state index is 0.525. The van der Waals surface area contributed by atoms with Gasteiger partial charge in [0, 0.05) is 19.2 Å². The van der Waals surface area contributed by atoms with Gasteiger partial charge in [0.2, 0.25) is 0 Å². The van der Waals surface area contributed by atoms with Gasteiger partial charge in [-0.15, -0.1) is 0 Å². The second-order valence-electron chi connectivity index (χ2n) is 6.49. The summed E-state index contributed by atoms with van der Waals surface area (Å²) < 4.78 is 5.44. The number of hydrogen-bond acceptors (Lipinski definition) is 2.